The highest BCUT2D eigenvalue weighted by Gasteiger charge is 2.21. The van der Waals surface area contributed by atoms with E-state index in [1.165, 1.54) is 10.5 Å². The Morgan fingerprint density at radius 3 is 3.06 bits per heavy atom. The number of aliphatic carboxylic acids is 1. The largest absolute Gasteiger partial charge is 0.481 e. The van der Waals surface area contributed by atoms with Crippen LogP contribution in [0.4, 0.5) is 0 Å². The first-order valence-corrected chi connectivity index (χ1v) is 7.33. The van der Waals surface area contributed by atoms with Crippen LogP contribution in [0.2, 0.25) is 0 Å². The van der Waals surface area contributed by atoms with Crippen molar-refractivity contribution in [1.29, 1.82) is 0 Å². The van der Waals surface area contributed by atoms with Gasteiger partial charge in [-0.2, -0.15) is 11.8 Å². The number of hydrogen-bond donors (Lipinski definition) is 1. The molecule has 0 aromatic heterocycles. The lowest BCUT2D eigenvalue weighted by Gasteiger charge is -2.06. The molecule has 0 spiro atoms. The zero-order valence-corrected chi connectivity index (χ0v) is 10.5. The summed E-state index contributed by atoms with van der Waals surface area (Å²) in [6.45, 7) is 0. The van der Waals surface area contributed by atoms with Crippen LogP contribution in [0, 0.1) is 0 Å². The molecule has 2 nitrogen and oxygen atoms in total. The molecule has 1 aliphatic heterocycles. The summed E-state index contributed by atoms with van der Waals surface area (Å²) < 4.78 is 0. The summed E-state index contributed by atoms with van der Waals surface area (Å²) in [5.74, 6) is 1.07. The van der Waals surface area contributed by atoms with E-state index in [1.807, 2.05) is 11.8 Å². The zero-order valence-electron chi connectivity index (χ0n) is 8.89. The van der Waals surface area contributed by atoms with Gasteiger partial charge in [0.05, 0.1) is 6.42 Å². The van der Waals surface area contributed by atoms with Crippen LogP contribution in [0.25, 0.3) is 0 Å². The van der Waals surface area contributed by atoms with Gasteiger partial charge in [0.25, 0.3) is 0 Å². The van der Waals surface area contributed by atoms with Crippen molar-refractivity contribution in [3.8, 4) is 0 Å². The quantitative estimate of drug-likeness (QED) is 0.820. The Hall–Kier alpha value is -0.610. The number of carboxylic acids is 1. The molecule has 2 rings (SSSR count). The highest BCUT2D eigenvalue weighted by Crippen LogP contribution is 2.38. The van der Waals surface area contributed by atoms with E-state index in [1.54, 1.807) is 11.8 Å². The van der Waals surface area contributed by atoms with E-state index in [4.69, 9.17) is 5.11 Å². The fourth-order valence-corrected chi connectivity index (χ4v) is 4.23. The van der Waals surface area contributed by atoms with Gasteiger partial charge in [-0.1, -0.05) is 18.2 Å². The van der Waals surface area contributed by atoms with Crippen LogP contribution in [-0.2, 0) is 11.2 Å². The Balaban J connectivity index is 1.73. The molecule has 0 saturated heterocycles. The zero-order chi connectivity index (χ0) is 11.4. The highest BCUT2D eigenvalue weighted by atomic mass is 32.2. The lowest BCUT2D eigenvalue weighted by Crippen LogP contribution is -2.06. The Morgan fingerprint density at radius 1 is 1.50 bits per heavy atom. The summed E-state index contributed by atoms with van der Waals surface area (Å²) in [7, 11) is 0. The minimum Gasteiger partial charge on any atom is -0.481 e. The van der Waals surface area contributed by atoms with Gasteiger partial charge >= 0.3 is 5.97 Å². The molecule has 0 amide bonds. The van der Waals surface area contributed by atoms with Crippen LogP contribution in [-0.4, -0.2) is 27.8 Å². The van der Waals surface area contributed by atoms with Gasteiger partial charge in [0.2, 0.25) is 0 Å². The minimum atomic E-state index is -0.699. The molecule has 4 heteroatoms. The van der Waals surface area contributed by atoms with E-state index in [0.717, 1.165) is 17.9 Å². The fraction of sp³-hybridized carbons (Fsp3) is 0.417. The SMILES string of the molecule is O=C(O)CCSCC1Cc2ccccc2S1. The number of fused-ring (bicyclic) bond motifs is 1. The number of benzene rings is 1. The van der Waals surface area contributed by atoms with Crippen LogP contribution in [0.3, 0.4) is 0 Å². The molecule has 0 aliphatic carbocycles. The predicted molar refractivity (Wildman–Crippen MR) is 69.4 cm³/mol. The predicted octanol–water partition coefficient (Wildman–Crippen LogP) is 2.91. The van der Waals surface area contributed by atoms with E-state index in [9.17, 15) is 4.79 Å². The molecule has 0 saturated carbocycles. The average Bonchev–Trinajstić information content (AvgIpc) is 2.66. The first kappa shape index (κ1) is 11.9. The Morgan fingerprint density at radius 2 is 2.31 bits per heavy atom. The summed E-state index contributed by atoms with van der Waals surface area (Å²) in [6.07, 6.45) is 1.40. The van der Waals surface area contributed by atoms with Gasteiger partial charge < -0.3 is 5.11 Å². The molecule has 1 aliphatic rings. The van der Waals surface area contributed by atoms with Crippen molar-refractivity contribution in [1.82, 2.24) is 0 Å². The van der Waals surface area contributed by atoms with Gasteiger partial charge in [-0.05, 0) is 18.1 Å². The molecule has 1 aromatic carbocycles. The van der Waals surface area contributed by atoms with E-state index in [0.29, 0.717) is 5.25 Å². The van der Waals surface area contributed by atoms with Gasteiger partial charge in [-0.15, -0.1) is 11.8 Å². The lowest BCUT2D eigenvalue weighted by molar-refractivity contribution is -0.136. The third-order valence-electron chi connectivity index (χ3n) is 2.48. The summed E-state index contributed by atoms with van der Waals surface area (Å²) in [6, 6.07) is 8.51. The maximum absolute atomic E-state index is 10.4. The fourth-order valence-electron chi connectivity index (χ4n) is 1.72. The van der Waals surface area contributed by atoms with E-state index in [-0.39, 0.29) is 6.42 Å². The van der Waals surface area contributed by atoms with Gasteiger partial charge in [0.1, 0.15) is 0 Å². The van der Waals surface area contributed by atoms with Crippen molar-refractivity contribution in [2.45, 2.75) is 23.0 Å². The van der Waals surface area contributed by atoms with E-state index >= 15 is 0 Å². The molecule has 0 radical (unpaired) electrons. The maximum atomic E-state index is 10.4. The topological polar surface area (TPSA) is 37.3 Å². The summed E-state index contributed by atoms with van der Waals surface area (Å²) in [4.78, 5) is 11.8. The second-order valence-corrected chi connectivity index (χ2v) is 6.26. The Kier molecular flexibility index (Phi) is 4.18. The van der Waals surface area contributed by atoms with Crippen LogP contribution >= 0.6 is 23.5 Å². The van der Waals surface area contributed by atoms with Gasteiger partial charge in [0.15, 0.2) is 0 Å². The van der Waals surface area contributed by atoms with Crippen molar-refractivity contribution in [3.05, 3.63) is 29.8 Å². The molecule has 0 bridgehead atoms. The highest BCUT2D eigenvalue weighted by molar-refractivity contribution is 8.03. The van der Waals surface area contributed by atoms with Crippen molar-refractivity contribution < 1.29 is 9.90 Å². The van der Waals surface area contributed by atoms with Gasteiger partial charge in [-0.25, -0.2) is 0 Å². The molecule has 1 heterocycles. The summed E-state index contributed by atoms with van der Waals surface area (Å²) in [5, 5.41) is 9.15. The standard InChI is InChI=1S/C12H14O2S2/c13-12(14)5-6-15-8-10-7-9-3-1-2-4-11(9)16-10/h1-4,10H,5-8H2,(H,13,14). The molecule has 1 atom stereocenters. The van der Waals surface area contributed by atoms with Gasteiger partial charge in [-0.3, -0.25) is 4.79 Å². The van der Waals surface area contributed by atoms with Crippen molar-refractivity contribution in [2.24, 2.45) is 0 Å². The maximum Gasteiger partial charge on any atom is 0.304 e. The van der Waals surface area contributed by atoms with Crippen molar-refractivity contribution in [3.63, 3.8) is 0 Å². The molecule has 0 fully saturated rings. The number of carboxylic acid groups (broad SMARTS) is 1. The Bertz CT molecular complexity index is 354. The molecule has 86 valence electrons. The number of thioether (sulfide) groups is 2. The smallest absolute Gasteiger partial charge is 0.304 e. The van der Waals surface area contributed by atoms with E-state index in [2.05, 4.69) is 24.3 Å². The lowest BCUT2D eigenvalue weighted by atomic mass is 10.1. The second-order valence-electron chi connectivity index (χ2n) is 3.77. The molecule has 16 heavy (non-hydrogen) atoms. The van der Waals surface area contributed by atoms with Crippen molar-refractivity contribution >= 4 is 29.5 Å². The number of rotatable bonds is 5. The summed E-state index contributed by atoms with van der Waals surface area (Å²) >= 11 is 3.67. The second kappa shape index (κ2) is 5.64. The first-order valence-electron chi connectivity index (χ1n) is 5.30. The molecular weight excluding hydrogens is 240 g/mol. The molecule has 1 unspecified atom stereocenters. The normalized spacial score (nSPS) is 18.4. The van der Waals surface area contributed by atoms with Crippen LogP contribution in [0.1, 0.15) is 12.0 Å². The molecular formula is C12H14O2S2. The van der Waals surface area contributed by atoms with Crippen molar-refractivity contribution in [2.75, 3.05) is 11.5 Å². The number of hydrogen-bond acceptors (Lipinski definition) is 3. The van der Waals surface area contributed by atoms with Crippen LogP contribution in [0.15, 0.2) is 29.2 Å². The first-order chi connectivity index (χ1) is 7.75. The summed E-state index contributed by atoms with van der Waals surface area (Å²) in [5.41, 5.74) is 1.44. The van der Waals surface area contributed by atoms with Crippen LogP contribution < -0.4 is 0 Å². The molecule has 1 N–H and O–H groups in total. The third-order valence-corrected chi connectivity index (χ3v) is 5.14. The van der Waals surface area contributed by atoms with E-state index < -0.39 is 5.97 Å². The number of carbonyl (C=O) groups is 1. The molecule has 1 aromatic rings. The van der Waals surface area contributed by atoms with Gasteiger partial charge in [0, 0.05) is 21.7 Å². The van der Waals surface area contributed by atoms with Crippen LogP contribution in [0.5, 0.6) is 0 Å². The third kappa shape index (κ3) is 3.19. The average molecular weight is 254 g/mol. The monoisotopic (exact) mass is 254 g/mol. The Labute approximate surface area is 104 Å². The minimum absolute atomic E-state index is 0.273.